The first kappa shape index (κ1) is 20.9. The number of hydrogen-bond acceptors (Lipinski definition) is 6. The molecule has 0 spiro atoms. The number of anilines is 1. The second-order valence-electron chi connectivity index (χ2n) is 8.57. The molecule has 1 unspecified atom stereocenters. The van der Waals surface area contributed by atoms with Gasteiger partial charge < -0.3 is 4.90 Å². The molecule has 0 fully saturated rings. The van der Waals surface area contributed by atoms with Crippen molar-refractivity contribution < 1.29 is 9.72 Å². The number of nitro groups is 1. The zero-order valence-electron chi connectivity index (χ0n) is 18.7. The van der Waals surface area contributed by atoms with Crippen molar-refractivity contribution in [3.63, 3.8) is 0 Å². The Kier molecular flexibility index (Phi) is 4.60. The standard InChI is InChI=1S/C26H19N5O4/c1-15-27-21-10-6-5-9-19(21)25(32)30(15)24-26(33)29-12-11-17-13-18(31(34)35)14-20(23(17)29)22(28-24)16-7-3-2-4-8-16/h2-10,13-14,24H,11-12H2,1H3. The molecule has 2 aliphatic rings. The first-order valence-corrected chi connectivity index (χ1v) is 11.2. The lowest BCUT2D eigenvalue weighted by Crippen LogP contribution is -2.39. The maximum absolute atomic E-state index is 13.9. The van der Waals surface area contributed by atoms with Crippen LogP contribution in [0.1, 0.15) is 28.7 Å². The van der Waals surface area contributed by atoms with Crippen LogP contribution in [0.3, 0.4) is 0 Å². The molecule has 1 aromatic heterocycles. The van der Waals surface area contributed by atoms with E-state index in [-0.39, 0.29) is 17.2 Å². The summed E-state index contributed by atoms with van der Waals surface area (Å²) >= 11 is 0. The molecule has 1 atom stereocenters. The molecule has 0 radical (unpaired) electrons. The van der Waals surface area contributed by atoms with Crippen LogP contribution >= 0.6 is 0 Å². The Hall–Kier alpha value is -4.66. The average Bonchev–Trinajstić information content (AvgIpc) is 3.25. The summed E-state index contributed by atoms with van der Waals surface area (Å²) in [6.07, 6.45) is -0.721. The Bertz CT molecular complexity index is 1640. The van der Waals surface area contributed by atoms with Gasteiger partial charge in [0.1, 0.15) is 5.82 Å². The maximum Gasteiger partial charge on any atom is 0.272 e. The third-order valence-corrected chi connectivity index (χ3v) is 6.53. The van der Waals surface area contributed by atoms with Crippen molar-refractivity contribution in [2.45, 2.75) is 19.5 Å². The van der Waals surface area contributed by atoms with Gasteiger partial charge >= 0.3 is 0 Å². The van der Waals surface area contributed by atoms with Crippen molar-refractivity contribution in [2.24, 2.45) is 4.99 Å². The molecule has 1 amide bonds. The first-order valence-electron chi connectivity index (χ1n) is 11.2. The Morgan fingerprint density at radius 2 is 1.77 bits per heavy atom. The second-order valence-corrected chi connectivity index (χ2v) is 8.57. The molecule has 3 aromatic carbocycles. The molecule has 2 aliphatic heterocycles. The zero-order chi connectivity index (χ0) is 24.3. The molecule has 0 aliphatic carbocycles. The number of nitro benzene ring substituents is 1. The van der Waals surface area contributed by atoms with Gasteiger partial charge in [-0.3, -0.25) is 24.3 Å². The molecule has 0 saturated heterocycles. The number of carbonyl (C=O) groups excluding carboxylic acids is 1. The van der Waals surface area contributed by atoms with Crippen LogP contribution in [0.4, 0.5) is 11.4 Å². The summed E-state index contributed by atoms with van der Waals surface area (Å²) in [5.74, 6) is -0.00775. The van der Waals surface area contributed by atoms with E-state index >= 15 is 0 Å². The van der Waals surface area contributed by atoms with Gasteiger partial charge in [-0.25, -0.2) is 9.98 Å². The van der Waals surface area contributed by atoms with Crippen LogP contribution in [0, 0.1) is 17.0 Å². The van der Waals surface area contributed by atoms with E-state index in [2.05, 4.69) is 4.98 Å². The lowest BCUT2D eigenvalue weighted by Gasteiger charge is -2.22. The normalized spacial score (nSPS) is 16.7. The molecule has 4 aromatic rings. The van der Waals surface area contributed by atoms with Crippen LogP contribution in [0.2, 0.25) is 0 Å². The van der Waals surface area contributed by atoms with Crippen LogP contribution in [-0.2, 0) is 11.2 Å². The number of aliphatic imine (C=N–C) groups is 1. The van der Waals surface area contributed by atoms with E-state index in [4.69, 9.17) is 4.99 Å². The lowest BCUT2D eigenvalue weighted by molar-refractivity contribution is -0.384. The molecule has 6 rings (SSSR count). The number of aryl methyl sites for hydroxylation is 1. The highest BCUT2D eigenvalue weighted by Gasteiger charge is 2.39. The van der Waals surface area contributed by atoms with Crippen molar-refractivity contribution in [3.8, 4) is 0 Å². The van der Waals surface area contributed by atoms with Crippen molar-refractivity contribution in [3.05, 3.63) is 110 Å². The van der Waals surface area contributed by atoms with Gasteiger partial charge in [-0.1, -0.05) is 42.5 Å². The van der Waals surface area contributed by atoms with E-state index in [1.165, 1.54) is 16.7 Å². The van der Waals surface area contributed by atoms with Crippen molar-refractivity contribution in [2.75, 3.05) is 11.4 Å². The number of amides is 1. The van der Waals surface area contributed by atoms with Crippen LogP contribution in [0.25, 0.3) is 10.9 Å². The van der Waals surface area contributed by atoms with Gasteiger partial charge in [0.05, 0.1) is 27.2 Å². The summed E-state index contributed by atoms with van der Waals surface area (Å²) < 4.78 is 1.33. The van der Waals surface area contributed by atoms with Crippen molar-refractivity contribution in [1.82, 2.24) is 9.55 Å². The van der Waals surface area contributed by atoms with E-state index in [0.29, 0.717) is 57.8 Å². The summed E-state index contributed by atoms with van der Waals surface area (Å²) in [6.45, 7) is 2.03. The van der Waals surface area contributed by atoms with Gasteiger partial charge in [-0.05, 0) is 31.0 Å². The number of hydrogen-bond donors (Lipinski definition) is 0. The average molecular weight is 465 g/mol. The highest BCUT2D eigenvalue weighted by molar-refractivity contribution is 6.21. The minimum atomic E-state index is -1.20. The molecule has 0 N–H and O–H groups in total. The Labute approximate surface area is 199 Å². The smallest absolute Gasteiger partial charge is 0.272 e. The Morgan fingerprint density at radius 1 is 1.03 bits per heavy atom. The second kappa shape index (κ2) is 7.69. The number of benzene rings is 3. The van der Waals surface area contributed by atoms with Crippen LogP contribution in [0.15, 0.2) is 76.5 Å². The zero-order valence-corrected chi connectivity index (χ0v) is 18.7. The minimum absolute atomic E-state index is 0.0594. The molecule has 172 valence electrons. The summed E-state index contributed by atoms with van der Waals surface area (Å²) in [6, 6.07) is 19.2. The molecular formula is C26H19N5O4. The van der Waals surface area contributed by atoms with E-state index in [1.807, 2.05) is 30.3 Å². The highest BCUT2D eigenvalue weighted by atomic mass is 16.6. The van der Waals surface area contributed by atoms with E-state index in [0.717, 1.165) is 0 Å². The third kappa shape index (κ3) is 3.16. The summed E-state index contributed by atoms with van der Waals surface area (Å²) in [5, 5.41) is 12.1. The fourth-order valence-electron chi connectivity index (χ4n) is 4.96. The number of carbonyl (C=O) groups is 1. The van der Waals surface area contributed by atoms with Gasteiger partial charge in [0.2, 0.25) is 6.17 Å². The number of rotatable bonds is 3. The summed E-state index contributed by atoms with van der Waals surface area (Å²) in [7, 11) is 0. The maximum atomic E-state index is 13.9. The molecule has 3 heterocycles. The first-order chi connectivity index (χ1) is 16.9. The molecular weight excluding hydrogens is 446 g/mol. The number of para-hydroxylation sites is 1. The number of non-ortho nitro benzene ring substituents is 1. The van der Waals surface area contributed by atoms with Gasteiger partial charge in [0.15, 0.2) is 0 Å². The van der Waals surface area contributed by atoms with Crippen molar-refractivity contribution >= 4 is 33.9 Å². The van der Waals surface area contributed by atoms with Gasteiger partial charge in [0, 0.05) is 29.8 Å². The van der Waals surface area contributed by atoms with Crippen molar-refractivity contribution in [1.29, 1.82) is 0 Å². The molecule has 0 bridgehead atoms. The summed E-state index contributed by atoms with van der Waals surface area (Å²) in [4.78, 5) is 49.7. The third-order valence-electron chi connectivity index (χ3n) is 6.53. The molecule has 9 nitrogen and oxygen atoms in total. The molecule has 0 saturated carbocycles. The molecule has 9 heteroatoms. The number of fused-ring (bicyclic) bond motifs is 1. The molecule has 35 heavy (non-hydrogen) atoms. The van der Waals surface area contributed by atoms with Gasteiger partial charge in [-0.15, -0.1) is 0 Å². The Morgan fingerprint density at radius 3 is 2.54 bits per heavy atom. The predicted octanol–water partition coefficient (Wildman–Crippen LogP) is 3.55. The topological polar surface area (TPSA) is 111 Å². The number of aromatic nitrogens is 2. The van der Waals surface area contributed by atoms with E-state index < -0.39 is 11.1 Å². The Balaban J connectivity index is 1.67. The van der Waals surface area contributed by atoms with Gasteiger partial charge in [-0.2, -0.15) is 0 Å². The van der Waals surface area contributed by atoms with Crippen LogP contribution < -0.4 is 10.5 Å². The predicted molar refractivity (Wildman–Crippen MR) is 131 cm³/mol. The van der Waals surface area contributed by atoms with Gasteiger partial charge in [0.25, 0.3) is 17.2 Å². The fourth-order valence-corrected chi connectivity index (χ4v) is 4.96. The highest BCUT2D eigenvalue weighted by Crippen LogP contribution is 2.40. The largest absolute Gasteiger partial charge is 0.308 e. The summed E-state index contributed by atoms with van der Waals surface area (Å²) in [5.41, 5.74) is 3.08. The van der Waals surface area contributed by atoms with E-state index in [9.17, 15) is 19.7 Å². The lowest BCUT2D eigenvalue weighted by atomic mass is 9.97. The van der Waals surface area contributed by atoms with E-state index in [1.54, 1.807) is 36.1 Å². The monoisotopic (exact) mass is 465 g/mol. The van der Waals surface area contributed by atoms with Crippen LogP contribution in [-0.4, -0.2) is 32.6 Å². The SMILES string of the molecule is Cc1nc2ccccc2c(=O)n1C1N=C(c2ccccc2)c2cc([N+](=O)[O-])cc3c2N(CC3)C1=O. The minimum Gasteiger partial charge on any atom is -0.308 e. The quantitative estimate of drug-likeness (QED) is 0.339. The fraction of sp³-hybridized carbons (Fsp3) is 0.154. The number of nitrogens with zero attached hydrogens (tertiary/aromatic N) is 5. The van der Waals surface area contributed by atoms with Crippen LogP contribution in [0.5, 0.6) is 0 Å².